The van der Waals surface area contributed by atoms with E-state index in [-0.39, 0.29) is 0 Å². The van der Waals surface area contributed by atoms with Crippen molar-refractivity contribution < 1.29 is 26.1 Å². The van der Waals surface area contributed by atoms with Crippen molar-refractivity contribution in [2.45, 2.75) is 19.4 Å². The highest BCUT2D eigenvalue weighted by molar-refractivity contribution is 7.86. The van der Waals surface area contributed by atoms with Crippen LogP contribution in [0.3, 0.4) is 0 Å². The lowest BCUT2D eigenvalue weighted by Crippen LogP contribution is -2.21. The van der Waals surface area contributed by atoms with Crippen molar-refractivity contribution in [2.75, 3.05) is 19.0 Å². The molecule has 8 heteroatoms. The van der Waals surface area contributed by atoms with Gasteiger partial charge in [0.25, 0.3) is 0 Å². The summed E-state index contributed by atoms with van der Waals surface area (Å²) in [6.45, 7) is 4.30. The van der Waals surface area contributed by atoms with Crippen molar-refractivity contribution in [3.8, 4) is 0 Å². The molecule has 0 amide bonds. The smallest absolute Gasteiger partial charge is 0.485 e. The number of hydrogen-bond donors (Lipinski definition) is 0. The Hall–Kier alpha value is -4.40. The predicted molar refractivity (Wildman–Crippen MR) is 169 cm³/mol. The molecular formula is C35H33F3NO3S-. The summed E-state index contributed by atoms with van der Waals surface area (Å²) >= 11 is 0. The molecule has 0 N–H and O–H groups in total. The van der Waals surface area contributed by atoms with Gasteiger partial charge in [-0.15, -0.1) is 0 Å². The van der Waals surface area contributed by atoms with E-state index < -0.39 is 15.6 Å². The fourth-order valence-corrected chi connectivity index (χ4v) is 4.12. The molecule has 0 aliphatic heterocycles. The summed E-state index contributed by atoms with van der Waals surface area (Å²) in [5.74, 6) is 0. The van der Waals surface area contributed by atoms with Crippen LogP contribution in [-0.4, -0.2) is 32.6 Å². The highest BCUT2D eigenvalue weighted by Crippen LogP contribution is 2.26. The molecule has 0 atom stereocenters. The first-order valence-electron chi connectivity index (χ1n) is 13.3. The predicted octanol–water partition coefficient (Wildman–Crippen LogP) is 6.88. The standard InChI is InChI=1S/C34H33N.CHF3O3S/c1-26(2)27-18-20-30(21-19-27)33(28-12-7-5-8-13-28)16-11-17-34(29-14-9-6-10-15-29)31-22-24-32(25-23-31)35(3)4;2-1(3,4)8(5,6)7/h5-25H,1-4H3;(H,5,6,7)/p-1/b16-11+,34-17+;. The Kier molecular flexibility index (Phi) is 11.3. The quantitative estimate of drug-likeness (QED) is 0.137. The molecule has 0 aliphatic carbocycles. The molecule has 0 fully saturated rings. The van der Waals surface area contributed by atoms with E-state index in [1.807, 2.05) is 0 Å². The van der Waals surface area contributed by atoms with Crippen LogP contribution in [0.1, 0.15) is 30.5 Å². The van der Waals surface area contributed by atoms with Gasteiger partial charge >= 0.3 is 5.51 Å². The maximum absolute atomic E-state index is 10.7. The monoisotopic (exact) mass is 604 g/mol. The maximum atomic E-state index is 10.7. The van der Waals surface area contributed by atoms with Crippen LogP contribution in [0.4, 0.5) is 18.9 Å². The molecule has 0 saturated heterocycles. The largest absolute Gasteiger partial charge is 0.741 e. The molecule has 4 aromatic carbocycles. The number of halogens is 3. The Bertz CT molecular complexity index is 1770. The molecule has 0 unspecified atom stereocenters. The Balaban J connectivity index is 0.000000557. The van der Waals surface area contributed by atoms with Gasteiger partial charge in [-0.1, -0.05) is 121 Å². The normalized spacial score (nSPS) is 12.0. The van der Waals surface area contributed by atoms with Gasteiger partial charge in [0.1, 0.15) is 0 Å². The van der Waals surface area contributed by atoms with E-state index in [2.05, 4.69) is 160 Å². The summed E-state index contributed by atoms with van der Waals surface area (Å²) in [5.41, 5.74) is 2.89. The number of alkyl halides is 3. The Morgan fingerprint density at radius 1 is 0.698 bits per heavy atom. The van der Waals surface area contributed by atoms with Crippen LogP contribution in [0, 0.1) is 0 Å². The molecule has 4 nitrogen and oxygen atoms in total. The first kappa shape index (κ1) is 33.1. The summed E-state index contributed by atoms with van der Waals surface area (Å²) in [6.07, 6.45) is 6.63. The van der Waals surface area contributed by atoms with Gasteiger partial charge in [0.2, 0.25) is 0 Å². The van der Waals surface area contributed by atoms with Crippen molar-refractivity contribution in [1.29, 1.82) is 0 Å². The van der Waals surface area contributed by atoms with Crippen LogP contribution in [0.25, 0.3) is 16.7 Å². The van der Waals surface area contributed by atoms with Crippen molar-refractivity contribution in [2.24, 2.45) is 0 Å². The SMILES string of the molecule is CC(C)=c1ccc(=C(/C=C/C=C(\c2ccccc2)c2ccc(N(C)C)cc2)c2ccccc2)cc1.O=S(=O)([O-])C(F)(F)F. The third kappa shape index (κ3) is 9.56. The number of hydrogen-bond acceptors (Lipinski definition) is 4. The molecular weight excluding hydrogens is 571 g/mol. The fraction of sp³-hybridized carbons (Fsp3) is 0.143. The molecule has 0 aromatic heterocycles. The van der Waals surface area contributed by atoms with E-state index >= 15 is 0 Å². The minimum atomic E-state index is -6.09. The van der Waals surface area contributed by atoms with E-state index in [1.165, 1.54) is 49.5 Å². The van der Waals surface area contributed by atoms with Crippen molar-refractivity contribution >= 4 is 32.5 Å². The number of allylic oxidation sites excluding steroid dienone is 3. The highest BCUT2D eigenvalue weighted by Gasteiger charge is 2.36. The van der Waals surface area contributed by atoms with Gasteiger partial charge in [-0.05, 0) is 64.3 Å². The van der Waals surface area contributed by atoms with Gasteiger partial charge < -0.3 is 9.45 Å². The topological polar surface area (TPSA) is 60.4 Å². The van der Waals surface area contributed by atoms with Crippen LogP contribution < -0.4 is 15.3 Å². The molecule has 4 aromatic rings. The highest BCUT2D eigenvalue weighted by atomic mass is 32.2. The summed E-state index contributed by atoms with van der Waals surface area (Å²) in [7, 11) is -1.95. The Morgan fingerprint density at radius 3 is 1.58 bits per heavy atom. The second-order valence-electron chi connectivity index (χ2n) is 10.0. The van der Waals surface area contributed by atoms with Gasteiger partial charge in [-0.25, -0.2) is 8.42 Å². The molecule has 0 heterocycles. The number of benzene rings is 4. The van der Waals surface area contributed by atoms with Gasteiger partial charge in [0.05, 0.1) is 0 Å². The zero-order chi connectivity index (χ0) is 31.6. The lowest BCUT2D eigenvalue weighted by molar-refractivity contribution is -0.0517. The summed E-state index contributed by atoms with van der Waals surface area (Å²) in [6, 6.07) is 38.8. The molecule has 43 heavy (non-hydrogen) atoms. The van der Waals surface area contributed by atoms with Crippen LogP contribution in [-0.2, 0) is 10.1 Å². The molecule has 0 bridgehead atoms. The molecule has 0 saturated carbocycles. The average Bonchev–Trinajstić information content (AvgIpc) is 2.98. The van der Waals surface area contributed by atoms with E-state index in [0.29, 0.717) is 0 Å². The number of rotatable bonds is 6. The Morgan fingerprint density at radius 2 is 1.14 bits per heavy atom. The minimum Gasteiger partial charge on any atom is -0.741 e. The summed E-state index contributed by atoms with van der Waals surface area (Å²) in [4.78, 5) is 2.12. The van der Waals surface area contributed by atoms with E-state index in [1.54, 1.807) is 0 Å². The zero-order valence-corrected chi connectivity index (χ0v) is 25.2. The van der Waals surface area contributed by atoms with Crippen LogP contribution in [0.2, 0.25) is 0 Å². The van der Waals surface area contributed by atoms with E-state index in [0.717, 1.165) is 0 Å². The van der Waals surface area contributed by atoms with Gasteiger partial charge in [0.15, 0.2) is 10.1 Å². The number of nitrogens with zero attached hydrogens (tertiary/aromatic N) is 1. The molecule has 0 aliphatic rings. The van der Waals surface area contributed by atoms with Gasteiger partial charge in [0, 0.05) is 19.8 Å². The lowest BCUT2D eigenvalue weighted by atomic mass is 9.96. The third-order valence-electron chi connectivity index (χ3n) is 6.45. The second-order valence-corrected chi connectivity index (χ2v) is 11.4. The second kappa shape index (κ2) is 14.7. The number of anilines is 1. The molecule has 0 radical (unpaired) electrons. The molecule has 0 spiro atoms. The van der Waals surface area contributed by atoms with Crippen molar-refractivity contribution in [3.05, 3.63) is 155 Å². The van der Waals surface area contributed by atoms with Crippen molar-refractivity contribution in [3.63, 3.8) is 0 Å². The fourth-order valence-electron chi connectivity index (χ4n) is 4.12. The molecule has 4 rings (SSSR count). The van der Waals surface area contributed by atoms with E-state index in [9.17, 15) is 13.2 Å². The van der Waals surface area contributed by atoms with E-state index in [4.69, 9.17) is 13.0 Å². The van der Waals surface area contributed by atoms with Crippen LogP contribution in [0.5, 0.6) is 0 Å². The van der Waals surface area contributed by atoms with Gasteiger partial charge in [-0.3, -0.25) is 0 Å². The van der Waals surface area contributed by atoms with Crippen LogP contribution >= 0.6 is 0 Å². The zero-order valence-electron chi connectivity index (χ0n) is 24.3. The first-order chi connectivity index (χ1) is 20.3. The molecule has 224 valence electrons. The third-order valence-corrected chi connectivity index (χ3v) is 7.01. The Labute approximate surface area is 251 Å². The maximum Gasteiger partial charge on any atom is 0.485 e. The van der Waals surface area contributed by atoms with Crippen molar-refractivity contribution in [1.82, 2.24) is 0 Å². The lowest BCUT2D eigenvalue weighted by Gasteiger charge is -2.14. The average molecular weight is 605 g/mol. The summed E-state index contributed by atoms with van der Waals surface area (Å²) in [5, 5.41) is 2.49. The van der Waals surface area contributed by atoms with Gasteiger partial charge in [-0.2, -0.15) is 13.2 Å². The summed E-state index contributed by atoms with van der Waals surface area (Å²) < 4.78 is 58.9. The first-order valence-corrected chi connectivity index (χ1v) is 14.8. The minimum absolute atomic E-state index is 1.19. The van der Waals surface area contributed by atoms with Crippen LogP contribution in [0.15, 0.2) is 127 Å².